The number of anilines is 1. The molecular formula is C22H24ClN5O4S. The van der Waals surface area contributed by atoms with Crippen molar-refractivity contribution in [2.75, 3.05) is 11.1 Å². The normalized spacial score (nSPS) is 11.8. The molecule has 0 fully saturated rings. The van der Waals surface area contributed by atoms with E-state index in [9.17, 15) is 14.9 Å². The van der Waals surface area contributed by atoms with Crippen molar-refractivity contribution >= 4 is 40.6 Å². The number of thioether (sulfide) groups is 1. The fourth-order valence-corrected chi connectivity index (χ4v) is 4.23. The molecule has 3 rings (SSSR count). The van der Waals surface area contributed by atoms with Gasteiger partial charge in [-0.1, -0.05) is 41.1 Å². The molecule has 1 atom stereocenters. The first kappa shape index (κ1) is 24.5. The number of nitro groups is 1. The third kappa shape index (κ3) is 6.02. The largest absolute Gasteiger partial charge is 0.482 e. The Bertz CT molecular complexity index is 1180. The van der Waals surface area contributed by atoms with Crippen LogP contribution in [-0.4, -0.2) is 31.3 Å². The molecule has 2 aromatic carbocycles. The van der Waals surface area contributed by atoms with Gasteiger partial charge in [-0.15, -0.1) is 10.2 Å². The molecule has 0 bridgehead atoms. The summed E-state index contributed by atoms with van der Waals surface area (Å²) in [5.74, 6) is 1.17. The molecule has 0 aliphatic carbocycles. The number of aromatic nitrogens is 3. The molecule has 1 unspecified atom stereocenters. The molecule has 9 nitrogen and oxygen atoms in total. The first-order valence-electron chi connectivity index (χ1n) is 10.2. The number of nitrogens with one attached hydrogen (secondary N) is 1. The van der Waals surface area contributed by atoms with Crippen LogP contribution in [0.5, 0.6) is 5.75 Å². The zero-order valence-electron chi connectivity index (χ0n) is 18.7. The summed E-state index contributed by atoms with van der Waals surface area (Å²) in [6.45, 7) is 8.50. The number of hydrogen-bond acceptors (Lipinski definition) is 7. The number of hydrogen-bond donors (Lipinski definition) is 1. The molecule has 1 heterocycles. The standard InChI is InChI=1S/C22H24ClN5O4S/c1-5-27-21(15(4)32-19-9-6-13(2)10-14(19)3)25-26-22(27)33-12-20(29)24-16-7-8-17(23)18(11-16)28(30)31/h6-11,15H,5,12H2,1-4H3,(H,24,29). The minimum Gasteiger partial charge on any atom is -0.482 e. The molecule has 0 aliphatic heterocycles. The smallest absolute Gasteiger partial charge is 0.289 e. The summed E-state index contributed by atoms with van der Waals surface area (Å²) in [5.41, 5.74) is 2.23. The zero-order valence-corrected chi connectivity index (χ0v) is 20.2. The number of carbonyl (C=O) groups excluding carboxylic acids is 1. The van der Waals surface area contributed by atoms with Crippen molar-refractivity contribution in [2.45, 2.75) is 45.5 Å². The number of nitrogens with zero attached hydrogens (tertiary/aromatic N) is 4. The van der Waals surface area contributed by atoms with E-state index in [0.29, 0.717) is 23.2 Å². The van der Waals surface area contributed by atoms with Crippen LogP contribution in [0.2, 0.25) is 5.02 Å². The fraction of sp³-hybridized carbons (Fsp3) is 0.318. The molecule has 1 N–H and O–H groups in total. The first-order valence-corrected chi connectivity index (χ1v) is 11.6. The third-order valence-electron chi connectivity index (χ3n) is 4.82. The van der Waals surface area contributed by atoms with E-state index in [-0.39, 0.29) is 28.5 Å². The lowest BCUT2D eigenvalue weighted by molar-refractivity contribution is -0.384. The van der Waals surface area contributed by atoms with Gasteiger partial charge in [0.2, 0.25) is 5.91 Å². The number of rotatable bonds is 9. The number of amides is 1. The second-order valence-electron chi connectivity index (χ2n) is 7.37. The first-order chi connectivity index (χ1) is 15.7. The number of nitro benzene ring substituents is 1. The maximum absolute atomic E-state index is 12.4. The number of ether oxygens (including phenoxy) is 1. The van der Waals surface area contributed by atoms with Crippen molar-refractivity contribution in [3.8, 4) is 5.75 Å². The molecule has 1 aromatic heterocycles. The Labute approximate surface area is 200 Å². The quantitative estimate of drug-likeness (QED) is 0.245. The van der Waals surface area contributed by atoms with Gasteiger partial charge < -0.3 is 14.6 Å². The van der Waals surface area contributed by atoms with Crippen molar-refractivity contribution < 1.29 is 14.5 Å². The van der Waals surface area contributed by atoms with Crippen molar-refractivity contribution in [1.82, 2.24) is 14.8 Å². The highest BCUT2D eigenvalue weighted by atomic mass is 35.5. The minimum atomic E-state index is -0.598. The molecule has 0 aliphatic rings. The average molecular weight is 490 g/mol. The molecule has 174 valence electrons. The van der Waals surface area contributed by atoms with Crippen LogP contribution in [0.15, 0.2) is 41.6 Å². The van der Waals surface area contributed by atoms with E-state index < -0.39 is 4.92 Å². The summed E-state index contributed by atoms with van der Waals surface area (Å²) in [6, 6.07) is 10.1. The summed E-state index contributed by atoms with van der Waals surface area (Å²) >= 11 is 7.03. The molecule has 0 radical (unpaired) electrons. The Morgan fingerprint density at radius 2 is 2.03 bits per heavy atom. The summed E-state index contributed by atoms with van der Waals surface area (Å²) in [7, 11) is 0. The third-order valence-corrected chi connectivity index (χ3v) is 6.10. The van der Waals surface area contributed by atoms with E-state index >= 15 is 0 Å². The van der Waals surface area contributed by atoms with Crippen molar-refractivity contribution in [1.29, 1.82) is 0 Å². The molecule has 0 spiro atoms. The van der Waals surface area contributed by atoms with Gasteiger partial charge in [0, 0.05) is 18.3 Å². The van der Waals surface area contributed by atoms with Crippen molar-refractivity contribution in [3.05, 3.63) is 68.5 Å². The Balaban J connectivity index is 1.65. The number of benzene rings is 2. The number of aryl methyl sites for hydroxylation is 2. The van der Waals surface area contributed by atoms with Gasteiger partial charge in [-0.3, -0.25) is 14.9 Å². The van der Waals surface area contributed by atoms with Gasteiger partial charge in [-0.2, -0.15) is 0 Å². The van der Waals surface area contributed by atoms with E-state index in [1.54, 1.807) is 0 Å². The molecular weight excluding hydrogens is 466 g/mol. The monoisotopic (exact) mass is 489 g/mol. The van der Waals surface area contributed by atoms with Gasteiger partial charge in [0.25, 0.3) is 5.69 Å². The topological polar surface area (TPSA) is 112 Å². The van der Waals surface area contributed by atoms with Gasteiger partial charge >= 0.3 is 0 Å². The van der Waals surface area contributed by atoms with Crippen molar-refractivity contribution in [2.24, 2.45) is 0 Å². The Morgan fingerprint density at radius 1 is 1.27 bits per heavy atom. The van der Waals surface area contributed by atoms with E-state index in [1.165, 1.54) is 30.0 Å². The molecule has 11 heteroatoms. The predicted octanol–water partition coefficient (Wildman–Crippen LogP) is 5.35. The summed E-state index contributed by atoms with van der Waals surface area (Å²) in [4.78, 5) is 22.8. The van der Waals surface area contributed by atoms with E-state index in [4.69, 9.17) is 16.3 Å². The van der Waals surface area contributed by atoms with Gasteiger partial charge in [-0.05, 0) is 51.5 Å². The van der Waals surface area contributed by atoms with Crippen molar-refractivity contribution in [3.63, 3.8) is 0 Å². The second-order valence-corrected chi connectivity index (χ2v) is 8.72. The van der Waals surface area contributed by atoms with Crippen LogP contribution in [-0.2, 0) is 11.3 Å². The highest BCUT2D eigenvalue weighted by molar-refractivity contribution is 7.99. The van der Waals surface area contributed by atoms with Crippen LogP contribution in [0.4, 0.5) is 11.4 Å². The lowest BCUT2D eigenvalue weighted by Gasteiger charge is -2.17. The number of halogens is 1. The number of carbonyl (C=O) groups is 1. The van der Waals surface area contributed by atoms with E-state index in [1.807, 2.05) is 44.4 Å². The highest BCUT2D eigenvalue weighted by Gasteiger charge is 2.20. The maximum Gasteiger partial charge on any atom is 0.289 e. The van der Waals surface area contributed by atoms with E-state index in [2.05, 4.69) is 21.6 Å². The SMILES string of the molecule is CCn1c(SCC(=O)Nc2ccc(Cl)c([N+](=O)[O-])c2)nnc1C(C)Oc1ccc(C)cc1C. The Morgan fingerprint density at radius 3 is 2.70 bits per heavy atom. The zero-order chi connectivity index (χ0) is 24.1. The summed E-state index contributed by atoms with van der Waals surface area (Å²) in [6.07, 6.45) is -0.336. The molecule has 1 amide bonds. The van der Waals surface area contributed by atoms with Gasteiger partial charge in [0.05, 0.1) is 10.7 Å². The summed E-state index contributed by atoms with van der Waals surface area (Å²) in [5, 5.41) is 22.8. The van der Waals surface area contributed by atoms with Crippen LogP contribution in [0.3, 0.4) is 0 Å². The van der Waals surface area contributed by atoms with Crippen LogP contribution in [0, 0.1) is 24.0 Å². The summed E-state index contributed by atoms with van der Waals surface area (Å²) < 4.78 is 8.01. The van der Waals surface area contributed by atoms with E-state index in [0.717, 1.165) is 16.9 Å². The highest BCUT2D eigenvalue weighted by Crippen LogP contribution is 2.29. The van der Waals surface area contributed by atoms with Crippen LogP contribution >= 0.6 is 23.4 Å². The van der Waals surface area contributed by atoms with Crippen LogP contribution < -0.4 is 10.1 Å². The maximum atomic E-state index is 12.4. The Kier molecular flexibility index (Phi) is 7.93. The second kappa shape index (κ2) is 10.7. The van der Waals surface area contributed by atoms with Gasteiger partial charge in [0.15, 0.2) is 17.1 Å². The van der Waals surface area contributed by atoms with Gasteiger partial charge in [-0.25, -0.2) is 0 Å². The van der Waals surface area contributed by atoms with Crippen LogP contribution in [0.1, 0.15) is 36.9 Å². The average Bonchev–Trinajstić information content (AvgIpc) is 3.18. The molecule has 0 saturated heterocycles. The Hall–Kier alpha value is -3.11. The van der Waals surface area contributed by atoms with Gasteiger partial charge in [0.1, 0.15) is 10.8 Å². The molecule has 0 saturated carbocycles. The predicted molar refractivity (Wildman–Crippen MR) is 128 cm³/mol. The fourth-order valence-electron chi connectivity index (χ4n) is 3.24. The molecule has 3 aromatic rings. The van der Waals surface area contributed by atoms with Crippen LogP contribution in [0.25, 0.3) is 0 Å². The lowest BCUT2D eigenvalue weighted by Crippen LogP contribution is -2.15. The lowest BCUT2D eigenvalue weighted by atomic mass is 10.1. The minimum absolute atomic E-state index is 0.00752. The molecule has 33 heavy (non-hydrogen) atoms.